The number of methoxy groups -OCH3 is 1. The van der Waals surface area contributed by atoms with Gasteiger partial charge >= 0.3 is 0 Å². The van der Waals surface area contributed by atoms with Gasteiger partial charge in [-0.2, -0.15) is 10.4 Å². The third-order valence-corrected chi connectivity index (χ3v) is 1.75. The molecule has 1 aromatic heterocycles. The highest BCUT2D eigenvalue weighted by Crippen LogP contribution is 2.22. The SMILES string of the molecule is COc1c(Br)n[nH]c(=O)c1C#N. The number of nitrogens with zero attached hydrogens (tertiary/aromatic N) is 2. The Hall–Kier alpha value is -1.35. The second kappa shape index (κ2) is 3.36. The van der Waals surface area contributed by atoms with E-state index in [1.54, 1.807) is 6.07 Å². The highest BCUT2D eigenvalue weighted by molar-refractivity contribution is 9.10. The largest absolute Gasteiger partial charge is 0.492 e. The zero-order chi connectivity index (χ0) is 9.14. The molecule has 0 aromatic carbocycles. The number of halogens is 1. The average molecular weight is 230 g/mol. The van der Waals surface area contributed by atoms with Gasteiger partial charge in [0.25, 0.3) is 5.56 Å². The van der Waals surface area contributed by atoms with Gasteiger partial charge < -0.3 is 4.74 Å². The van der Waals surface area contributed by atoms with Crippen molar-refractivity contribution in [3.63, 3.8) is 0 Å². The summed E-state index contributed by atoms with van der Waals surface area (Å²) in [4.78, 5) is 10.9. The lowest BCUT2D eigenvalue weighted by molar-refractivity contribution is 0.406. The summed E-state index contributed by atoms with van der Waals surface area (Å²) in [6.45, 7) is 0. The molecule has 0 spiro atoms. The number of nitriles is 1. The van der Waals surface area contributed by atoms with Crippen LogP contribution in [0, 0.1) is 11.3 Å². The first-order chi connectivity index (χ1) is 5.70. The standard InChI is InChI=1S/C6H4BrN3O2/c1-12-4-3(2-8)6(11)10-9-5(4)7/h1H3,(H,10,11). The Bertz CT molecular complexity index is 393. The van der Waals surface area contributed by atoms with Gasteiger partial charge in [-0.1, -0.05) is 0 Å². The molecule has 1 N–H and O–H groups in total. The topological polar surface area (TPSA) is 78.8 Å². The first kappa shape index (κ1) is 8.74. The number of aromatic amines is 1. The van der Waals surface area contributed by atoms with Crippen molar-refractivity contribution in [2.75, 3.05) is 7.11 Å². The zero-order valence-corrected chi connectivity index (χ0v) is 7.67. The predicted molar refractivity (Wildman–Crippen MR) is 43.8 cm³/mol. The molecular formula is C6H4BrN3O2. The summed E-state index contributed by atoms with van der Waals surface area (Å²) in [6.07, 6.45) is 0. The Morgan fingerprint density at radius 1 is 1.75 bits per heavy atom. The van der Waals surface area contributed by atoms with E-state index in [1.807, 2.05) is 0 Å². The van der Waals surface area contributed by atoms with Crippen LogP contribution in [0.2, 0.25) is 0 Å². The molecule has 1 heterocycles. The Morgan fingerprint density at radius 2 is 2.42 bits per heavy atom. The lowest BCUT2D eigenvalue weighted by Crippen LogP contribution is -2.13. The van der Waals surface area contributed by atoms with Gasteiger partial charge in [0.2, 0.25) is 0 Å². The van der Waals surface area contributed by atoms with Gasteiger partial charge in [0.15, 0.2) is 15.9 Å². The van der Waals surface area contributed by atoms with Crippen molar-refractivity contribution in [1.82, 2.24) is 10.2 Å². The lowest BCUT2D eigenvalue weighted by Gasteiger charge is -2.01. The Morgan fingerprint density at radius 3 is 2.83 bits per heavy atom. The van der Waals surface area contributed by atoms with Gasteiger partial charge in [0.1, 0.15) is 6.07 Å². The maximum Gasteiger partial charge on any atom is 0.285 e. The van der Waals surface area contributed by atoms with Crippen LogP contribution >= 0.6 is 15.9 Å². The molecule has 62 valence electrons. The van der Waals surface area contributed by atoms with E-state index in [4.69, 9.17) is 10.00 Å². The molecule has 0 amide bonds. The molecule has 1 aromatic rings. The molecule has 0 fully saturated rings. The number of rotatable bonds is 1. The van der Waals surface area contributed by atoms with Crippen molar-refractivity contribution in [2.45, 2.75) is 0 Å². The van der Waals surface area contributed by atoms with Crippen LogP contribution in [0.5, 0.6) is 5.75 Å². The van der Waals surface area contributed by atoms with Crippen LogP contribution in [0.1, 0.15) is 5.56 Å². The van der Waals surface area contributed by atoms with E-state index >= 15 is 0 Å². The minimum atomic E-state index is -0.558. The van der Waals surface area contributed by atoms with Crippen LogP contribution < -0.4 is 10.3 Å². The smallest absolute Gasteiger partial charge is 0.285 e. The van der Waals surface area contributed by atoms with Crippen LogP contribution in [-0.2, 0) is 0 Å². The number of hydrogen-bond donors (Lipinski definition) is 1. The molecule has 0 aliphatic carbocycles. The fourth-order valence-electron chi connectivity index (χ4n) is 0.701. The summed E-state index contributed by atoms with van der Waals surface area (Å²) in [6, 6.07) is 1.72. The highest BCUT2D eigenvalue weighted by atomic mass is 79.9. The van der Waals surface area contributed by atoms with E-state index in [2.05, 4.69) is 26.1 Å². The molecule has 5 nitrogen and oxygen atoms in total. The van der Waals surface area contributed by atoms with Crippen molar-refractivity contribution in [2.24, 2.45) is 0 Å². The van der Waals surface area contributed by atoms with Gasteiger partial charge in [-0.25, -0.2) is 5.10 Å². The summed E-state index contributed by atoms with van der Waals surface area (Å²) in [5.74, 6) is 0.154. The molecule has 0 saturated carbocycles. The van der Waals surface area contributed by atoms with Crippen molar-refractivity contribution in [3.05, 3.63) is 20.5 Å². The normalized spacial score (nSPS) is 9.08. The Balaban J connectivity index is 3.52. The Kier molecular flexibility index (Phi) is 2.45. The highest BCUT2D eigenvalue weighted by Gasteiger charge is 2.11. The zero-order valence-electron chi connectivity index (χ0n) is 6.09. The van der Waals surface area contributed by atoms with Gasteiger partial charge in [0, 0.05) is 0 Å². The molecule has 0 saturated heterocycles. The third-order valence-electron chi connectivity index (χ3n) is 1.21. The van der Waals surface area contributed by atoms with Crippen LogP contribution in [0.4, 0.5) is 0 Å². The molecule has 6 heteroatoms. The van der Waals surface area contributed by atoms with Crippen molar-refractivity contribution in [3.8, 4) is 11.8 Å². The van der Waals surface area contributed by atoms with Gasteiger partial charge in [0.05, 0.1) is 7.11 Å². The first-order valence-corrected chi connectivity index (χ1v) is 3.72. The Labute approximate surface area is 76.1 Å². The molecule has 0 atom stereocenters. The summed E-state index contributed by atoms with van der Waals surface area (Å²) < 4.78 is 5.10. The fraction of sp³-hybridized carbons (Fsp3) is 0.167. The quantitative estimate of drug-likeness (QED) is 0.757. The van der Waals surface area contributed by atoms with Gasteiger partial charge in [-0.3, -0.25) is 4.79 Å². The van der Waals surface area contributed by atoms with Crippen molar-refractivity contribution < 1.29 is 4.74 Å². The van der Waals surface area contributed by atoms with Crippen molar-refractivity contribution in [1.29, 1.82) is 5.26 Å². The molecule has 1 rings (SSSR count). The lowest BCUT2D eigenvalue weighted by atomic mass is 10.3. The average Bonchev–Trinajstić information content (AvgIpc) is 2.08. The van der Waals surface area contributed by atoms with Crippen LogP contribution in [0.15, 0.2) is 9.40 Å². The van der Waals surface area contributed by atoms with E-state index in [-0.39, 0.29) is 11.3 Å². The molecular weight excluding hydrogens is 226 g/mol. The summed E-state index contributed by atoms with van der Waals surface area (Å²) >= 11 is 3.02. The first-order valence-electron chi connectivity index (χ1n) is 2.93. The number of H-pyrrole nitrogens is 1. The number of hydrogen-bond acceptors (Lipinski definition) is 4. The monoisotopic (exact) mass is 229 g/mol. The van der Waals surface area contributed by atoms with E-state index < -0.39 is 5.56 Å². The molecule has 0 unspecified atom stereocenters. The second-order valence-electron chi connectivity index (χ2n) is 1.86. The number of ether oxygens (including phenoxy) is 1. The van der Waals surface area contributed by atoms with E-state index in [0.29, 0.717) is 4.60 Å². The maximum absolute atomic E-state index is 10.9. The van der Waals surface area contributed by atoms with Crippen molar-refractivity contribution >= 4 is 15.9 Å². The molecule has 0 aliphatic heterocycles. The molecule has 0 radical (unpaired) electrons. The van der Waals surface area contributed by atoms with E-state index in [0.717, 1.165) is 0 Å². The van der Waals surface area contributed by atoms with Crippen LogP contribution in [-0.4, -0.2) is 17.3 Å². The summed E-state index contributed by atoms with van der Waals surface area (Å²) in [7, 11) is 1.36. The minimum absolute atomic E-state index is 0.0839. The molecule has 0 aliphatic rings. The third kappa shape index (κ3) is 1.31. The second-order valence-corrected chi connectivity index (χ2v) is 2.61. The summed E-state index contributed by atoms with van der Waals surface area (Å²) in [5, 5.41) is 14.3. The predicted octanol–water partition coefficient (Wildman–Crippen LogP) is 0.413. The van der Waals surface area contributed by atoms with Crippen LogP contribution in [0.3, 0.4) is 0 Å². The fourth-order valence-corrected chi connectivity index (χ4v) is 1.15. The summed E-state index contributed by atoms with van der Waals surface area (Å²) in [5.41, 5.74) is -0.642. The van der Waals surface area contributed by atoms with Gasteiger partial charge in [-0.05, 0) is 15.9 Å². The van der Waals surface area contributed by atoms with E-state index in [1.165, 1.54) is 7.11 Å². The van der Waals surface area contributed by atoms with Crippen LogP contribution in [0.25, 0.3) is 0 Å². The number of nitrogens with one attached hydrogen (secondary N) is 1. The van der Waals surface area contributed by atoms with E-state index in [9.17, 15) is 4.79 Å². The maximum atomic E-state index is 10.9. The molecule has 12 heavy (non-hydrogen) atoms. The molecule has 0 bridgehead atoms. The van der Waals surface area contributed by atoms with Gasteiger partial charge in [-0.15, -0.1) is 0 Å². The number of aromatic nitrogens is 2. The minimum Gasteiger partial charge on any atom is -0.492 e.